The Kier molecular flexibility index (Phi) is 6.55. The molecule has 184 valence electrons. The molecule has 1 amide bonds. The molecule has 1 unspecified atom stereocenters. The molecule has 1 aliphatic heterocycles. The Balaban J connectivity index is 1.66. The van der Waals surface area contributed by atoms with Crippen molar-refractivity contribution < 1.29 is 22.7 Å². The lowest BCUT2D eigenvalue weighted by atomic mass is 10.1. The molecule has 1 atom stereocenters. The van der Waals surface area contributed by atoms with Crippen molar-refractivity contribution in [3.05, 3.63) is 52.8 Å². The van der Waals surface area contributed by atoms with Crippen LogP contribution in [0, 0.1) is 0 Å². The lowest BCUT2D eigenvalue weighted by Gasteiger charge is -2.33. The van der Waals surface area contributed by atoms with E-state index in [2.05, 4.69) is 30.0 Å². The molecule has 0 spiro atoms. The molecule has 0 radical (unpaired) electrons. The number of nitrogens with one attached hydrogen (secondary N) is 2. The van der Waals surface area contributed by atoms with Crippen LogP contribution in [0.4, 0.5) is 30.5 Å². The number of amides is 1. The van der Waals surface area contributed by atoms with Gasteiger partial charge in [-0.15, -0.1) is 13.2 Å². The number of aromatic amines is 1. The zero-order valence-electron chi connectivity index (χ0n) is 18.2. The molecule has 3 aromatic rings. The number of hydrogen-bond donors (Lipinski definition) is 4. The largest absolute Gasteiger partial charge is 0.573 e. The molecule has 4 rings (SSSR count). The highest BCUT2D eigenvalue weighted by Gasteiger charge is 2.32. The first-order valence-corrected chi connectivity index (χ1v) is 10.5. The van der Waals surface area contributed by atoms with Gasteiger partial charge in [-0.3, -0.25) is 9.78 Å². The number of benzene rings is 1. The maximum absolute atomic E-state index is 13.1. The van der Waals surface area contributed by atoms with Crippen LogP contribution in [0.1, 0.15) is 23.3 Å². The highest BCUT2D eigenvalue weighted by atomic mass is 19.4. The van der Waals surface area contributed by atoms with E-state index >= 15 is 0 Å². The van der Waals surface area contributed by atoms with Gasteiger partial charge < -0.3 is 26.4 Å². The van der Waals surface area contributed by atoms with Crippen molar-refractivity contribution in [2.75, 3.05) is 29.0 Å². The second-order valence-corrected chi connectivity index (χ2v) is 7.78. The molecule has 1 saturated heterocycles. The van der Waals surface area contributed by atoms with E-state index in [1.165, 1.54) is 24.4 Å². The van der Waals surface area contributed by atoms with Gasteiger partial charge in [-0.2, -0.15) is 4.98 Å². The second kappa shape index (κ2) is 9.58. The van der Waals surface area contributed by atoms with Crippen LogP contribution in [0.2, 0.25) is 0 Å². The van der Waals surface area contributed by atoms with Crippen LogP contribution in [0.25, 0.3) is 11.3 Å². The summed E-state index contributed by atoms with van der Waals surface area (Å²) in [6, 6.07) is 5.19. The first kappa shape index (κ1) is 23.9. The molecule has 14 heteroatoms. The summed E-state index contributed by atoms with van der Waals surface area (Å²) in [5, 5.41) is 2.54. The molecular formula is C21H21F3N8O3. The standard InChI is InChI=1S/C21H21F3N8O3/c22-21(23,24)35-15-6-2-1-5-12(15)13-8-27-17(26)16(29-13)19(33)30-18-14(9-28-20(34)31-18)32-7-3-4-11(25)10-32/h1-2,5-6,8-9,11H,3-4,7,10,25H2,(H2,26,27)(H2,28,30,31,33,34). The summed E-state index contributed by atoms with van der Waals surface area (Å²) in [5.74, 6) is -1.57. The first-order chi connectivity index (χ1) is 16.6. The van der Waals surface area contributed by atoms with Gasteiger partial charge in [-0.05, 0) is 25.0 Å². The molecule has 1 fully saturated rings. The topological polar surface area (TPSA) is 165 Å². The second-order valence-electron chi connectivity index (χ2n) is 7.78. The highest BCUT2D eigenvalue weighted by Crippen LogP contribution is 2.33. The number of rotatable bonds is 5. The lowest BCUT2D eigenvalue weighted by Crippen LogP contribution is -2.43. The number of nitrogens with two attached hydrogens (primary N) is 2. The number of nitrogen functional groups attached to an aromatic ring is 1. The Bertz CT molecular complexity index is 1300. The minimum Gasteiger partial charge on any atom is -0.405 e. The van der Waals surface area contributed by atoms with Crippen LogP contribution in [-0.2, 0) is 0 Å². The fourth-order valence-corrected chi connectivity index (χ4v) is 3.71. The number of H-pyrrole nitrogens is 1. The molecule has 1 aliphatic rings. The predicted molar refractivity (Wildman–Crippen MR) is 121 cm³/mol. The van der Waals surface area contributed by atoms with Gasteiger partial charge in [0, 0.05) is 24.7 Å². The third-order valence-corrected chi connectivity index (χ3v) is 5.23. The van der Waals surface area contributed by atoms with Crippen LogP contribution >= 0.6 is 0 Å². The van der Waals surface area contributed by atoms with Crippen molar-refractivity contribution >= 4 is 23.2 Å². The van der Waals surface area contributed by atoms with Crippen molar-refractivity contribution in [2.45, 2.75) is 25.2 Å². The molecular weight excluding hydrogens is 469 g/mol. The number of nitrogens with zero attached hydrogens (tertiary/aromatic N) is 4. The monoisotopic (exact) mass is 490 g/mol. The van der Waals surface area contributed by atoms with E-state index in [9.17, 15) is 22.8 Å². The van der Waals surface area contributed by atoms with Crippen LogP contribution in [0.15, 0.2) is 41.5 Å². The van der Waals surface area contributed by atoms with Gasteiger partial charge in [0.25, 0.3) is 5.91 Å². The predicted octanol–water partition coefficient (Wildman–Crippen LogP) is 1.89. The SMILES string of the molecule is Nc1ncc(-c2ccccc2OC(F)(F)F)nc1C(=O)Nc1[nH]c(=O)ncc1N1CCCC(N)C1. The van der Waals surface area contributed by atoms with Crippen LogP contribution in [0.5, 0.6) is 5.75 Å². The molecule has 0 saturated carbocycles. The zero-order chi connectivity index (χ0) is 25.2. The third-order valence-electron chi connectivity index (χ3n) is 5.23. The number of aromatic nitrogens is 4. The zero-order valence-corrected chi connectivity index (χ0v) is 18.2. The first-order valence-electron chi connectivity index (χ1n) is 10.5. The summed E-state index contributed by atoms with van der Waals surface area (Å²) >= 11 is 0. The van der Waals surface area contributed by atoms with E-state index in [1.807, 2.05) is 4.90 Å². The van der Waals surface area contributed by atoms with E-state index in [4.69, 9.17) is 11.5 Å². The Hall–Kier alpha value is -4.20. The number of carbonyl (C=O) groups excluding carboxylic acids is 1. The maximum atomic E-state index is 13.1. The smallest absolute Gasteiger partial charge is 0.405 e. The van der Waals surface area contributed by atoms with E-state index < -0.39 is 23.7 Å². The molecule has 0 aliphatic carbocycles. The summed E-state index contributed by atoms with van der Waals surface area (Å²) < 4.78 is 42.5. The Labute approximate surface area is 196 Å². The van der Waals surface area contributed by atoms with Gasteiger partial charge in [0.2, 0.25) is 0 Å². The number of carbonyl (C=O) groups is 1. The summed E-state index contributed by atoms with van der Waals surface area (Å²) in [5.41, 5.74) is 11.1. The molecule has 6 N–H and O–H groups in total. The number of para-hydroxylation sites is 1. The quantitative estimate of drug-likeness (QED) is 0.418. The number of halogens is 3. The van der Waals surface area contributed by atoms with Crippen LogP contribution < -0.4 is 32.1 Å². The van der Waals surface area contributed by atoms with Gasteiger partial charge in [-0.25, -0.2) is 14.8 Å². The third kappa shape index (κ3) is 5.66. The highest BCUT2D eigenvalue weighted by molar-refractivity contribution is 6.06. The Morgan fingerprint density at radius 2 is 2.00 bits per heavy atom. The van der Waals surface area contributed by atoms with Crippen molar-refractivity contribution in [1.29, 1.82) is 0 Å². The lowest BCUT2D eigenvalue weighted by molar-refractivity contribution is -0.274. The average Bonchev–Trinajstić information content (AvgIpc) is 2.79. The molecule has 1 aromatic carbocycles. The van der Waals surface area contributed by atoms with Crippen molar-refractivity contribution in [1.82, 2.24) is 19.9 Å². The average molecular weight is 490 g/mol. The number of ether oxygens (including phenoxy) is 1. The minimum absolute atomic E-state index is 0.0494. The summed E-state index contributed by atoms with van der Waals surface area (Å²) in [6.45, 7) is 1.13. The van der Waals surface area contributed by atoms with Gasteiger partial charge >= 0.3 is 12.1 Å². The van der Waals surface area contributed by atoms with Crippen molar-refractivity contribution in [2.24, 2.45) is 5.73 Å². The molecule has 11 nitrogen and oxygen atoms in total. The van der Waals surface area contributed by atoms with E-state index in [-0.39, 0.29) is 34.6 Å². The van der Waals surface area contributed by atoms with Crippen LogP contribution in [-0.4, -0.2) is 51.3 Å². The number of piperidine rings is 1. The van der Waals surface area contributed by atoms with Crippen LogP contribution in [0.3, 0.4) is 0 Å². The maximum Gasteiger partial charge on any atom is 0.573 e. The molecule has 35 heavy (non-hydrogen) atoms. The van der Waals surface area contributed by atoms with E-state index in [1.54, 1.807) is 0 Å². The van der Waals surface area contributed by atoms with Gasteiger partial charge in [-0.1, -0.05) is 12.1 Å². The van der Waals surface area contributed by atoms with Gasteiger partial charge in [0.1, 0.15) is 11.6 Å². The number of anilines is 3. The van der Waals surface area contributed by atoms with Crippen molar-refractivity contribution in [3.8, 4) is 17.0 Å². The fourth-order valence-electron chi connectivity index (χ4n) is 3.71. The Morgan fingerprint density at radius 1 is 1.23 bits per heavy atom. The summed E-state index contributed by atoms with van der Waals surface area (Å²) in [7, 11) is 0. The normalized spacial score (nSPS) is 16.1. The fraction of sp³-hybridized carbons (Fsp3) is 0.286. The van der Waals surface area contributed by atoms with E-state index in [0.717, 1.165) is 25.1 Å². The van der Waals surface area contributed by atoms with Gasteiger partial charge in [0.05, 0.1) is 23.8 Å². The molecule has 3 heterocycles. The van der Waals surface area contributed by atoms with Gasteiger partial charge in [0.15, 0.2) is 11.5 Å². The Morgan fingerprint density at radius 3 is 2.74 bits per heavy atom. The number of hydrogen-bond acceptors (Lipinski definition) is 9. The number of alkyl halides is 3. The summed E-state index contributed by atoms with van der Waals surface area (Å²) in [4.78, 5) is 41.0. The van der Waals surface area contributed by atoms with E-state index in [0.29, 0.717) is 18.8 Å². The molecule has 2 aromatic heterocycles. The molecule has 0 bridgehead atoms. The summed E-state index contributed by atoms with van der Waals surface area (Å²) in [6.07, 6.45) is -0.832. The van der Waals surface area contributed by atoms with Crippen molar-refractivity contribution in [3.63, 3.8) is 0 Å². The minimum atomic E-state index is -4.93.